The molecule has 2 amide bonds. The highest BCUT2D eigenvalue weighted by molar-refractivity contribution is 7.13. The zero-order chi connectivity index (χ0) is 19.4. The fraction of sp³-hybridized carbons (Fsp3) is 0.118. The number of anilines is 1. The highest BCUT2D eigenvalue weighted by Gasteiger charge is 2.16. The van der Waals surface area contributed by atoms with Gasteiger partial charge in [-0.3, -0.25) is 9.59 Å². The van der Waals surface area contributed by atoms with Crippen molar-refractivity contribution in [2.75, 3.05) is 11.9 Å². The lowest BCUT2D eigenvalue weighted by atomic mass is 10.2. The van der Waals surface area contributed by atoms with Crippen LogP contribution >= 0.6 is 11.3 Å². The van der Waals surface area contributed by atoms with Crippen molar-refractivity contribution < 1.29 is 27.2 Å². The predicted octanol–water partition coefficient (Wildman–Crippen LogP) is 3.12. The number of amides is 2. The van der Waals surface area contributed by atoms with Crippen LogP contribution in [0.3, 0.4) is 0 Å². The Morgan fingerprint density at radius 2 is 1.93 bits per heavy atom. The Morgan fingerprint density at radius 1 is 1.11 bits per heavy atom. The molecule has 0 saturated carbocycles. The second kappa shape index (κ2) is 8.04. The summed E-state index contributed by atoms with van der Waals surface area (Å²) in [5, 5.41) is 6.71. The molecule has 140 valence electrons. The Labute approximate surface area is 155 Å². The van der Waals surface area contributed by atoms with Crippen LogP contribution in [0, 0.1) is 17.5 Å². The molecule has 0 atom stereocenters. The summed E-state index contributed by atoms with van der Waals surface area (Å²) in [7, 11) is 0. The van der Waals surface area contributed by atoms with Gasteiger partial charge in [-0.25, -0.2) is 18.2 Å². The molecule has 0 aliphatic rings. The number of carbonyl (C=O) groups is 2. The minimum absolute atomic E-state index is 0.0655. The summed E-state index contributed by atoms with van der Waals surface area (Å²) in [4.78, 5) is 27.9. The quantitative estimate of drug-likeness (QED) is 0.628. The van der Waals surface area contributed by atoms with Crippen molar-refractivity contribution >= 4 is 28.8 Å². The van der Waals surface area contributed by atoms with E-state index in [4.69, 9.17) is 4.42 Å². The van der Waals surface area contributed by atoms with Gasteiger partial charge in [-0.15, -0.1) is 11.3 Å². The number of rotatable bonds is 6. The van der Waals surface area contributed by atoms with E-state index in [1.54, 1.807) is 17.5 Å². The number of aromatic nitrogens is 1. The minimum Gasteiger partial charge on any atom is -0.462 e. The first kappa shape index (κ1) is 18.6. The number of hydrogen-bond acceptors (Lipinski definition) is 5. The minimum atomic E-state index is -1.69. The molecule has 10 heteroatoms. The Balaban J connectivity index is 1.50. The lowest BCUT2D eigenvalue weighted by Gasteiger charge is -2.08. The summed E-state index contributed by atoms with van der Waals surface area (Å²) in [5.74, 6) is -5.25. The lowest BCUT2D eigenvalue weighted by molar-refractivity contribution is -0.123. The van der Waals surface area contributed by atoms with E-state index in [9.17, 15) is 22.8 Å². The summed E-state index contributed by atoms with van der Waals surface area (Å²) in [5.41, 5.74) is -0.0216. The molecule has 3 rings (SSSR count). The number of carbonyl (C=O) groups excluding carboxylic acids is 2. The van der Waals surface area contributed by atoms with Gasteiger partial charge in [-0.2, -0.15) is 0 Å². The van der Waals surface area contributed by atoms with Gasteiger partial charge in [0.25, 0.3) is 0 Å². The summed E-state index contributed by atoms with van der Waals surface area (Å²) in [6.07, 6.45) is 1.45. The Morgan fingerprint density at radius 3 is 2.67 bits per heavy atom. The molecule has 0 aliphatic heterocycles. The number of halogens is 3. The fourth-order valence-electron chi connectivity index (χ4n) is 2.12. The smallest absolute Gasteiger partial charge is 0.243 e. The van der Waals surface area contributed by atoms with Crippen molar-refractivity contribution in [2.45, 2.75) is 6.42 Å². The van der Waals surface area contributed by atoms with Gasteiger partial charge in [-0.1, -0.05) is 0 Å². The average Bonchev–Trinajstić information content (AvgIpc) is 3.32. The van der Waals surface area contributed by atoms with Gasteiger partial charge in [0.15, 0.2) is 28.2 Å². The van der Waals surface area contributed by atoms with E-state index in [-0.39, 0.29) is 6.42 Å². The Hall–Kier alpha value is -3.14. The zero-order valence-corrected chi connectivity index (χ0v) is 14.4. The summed E-state index contributed by atoms with van der Waals surface area (Å²) < 4.78 is 44.7. The fourth-order valence-corrected chi connectivity index (χ4v) is 2.91. The van der Waals surface area contributed by atoms with E-state index in [1.807, 2.05) is 0 Å². The molecular weight excluding hydrogens is 383 g/mol. The molecule has 0 saturated heterocycles. The van der Waals surface area contributed by atoms with E-state index in [0.29, 0.717) is 22.5 Å². The molecule has 0 bridgehead atoms. The van der Waals surface area contributed by atoms with Gasteiger partial charge < -0.3 is 15.1 Å². The van der Waals surface area contributed by atoms with Gasteiger partial charge >= 0.3 is 0 Å². The summed E-state index contributed by atoms with van der Waals surface area (Å²) >= 11 is 1.31. The largest absolute Gasteiger partial charge is 0.462 e. The molecular formula is C17H12F3N3O3S. The third-order valence-electron chi connectivity index (χ3n) is 3.38. The predicted molar refractivity (Wildman–Crippen MR) is 91.5 cm³/mol. The first-order valence-corrected chi connectivity index (χ1v) is 8.50. The molecule has 0 spiro atoms. The van der Waals surface area contributed by atoms with Crippen molar-refractivity contribution in [1.82, 2.24) is 10.3 Å². The summed E-state index contributed by atoms with van der Waals surface area (Å²) in [6, 6.07) is 5.03. The molecule has 27 heavy (non-hydrogen) atoms. The van der Waals surface area contributed by atoms with Crippen LogP contribution < -0.4 is 10.6 Å². The second-order valence-electron chi connectivity index (χ2n) is 5.35. The normalized spacial score (nSPS) is 10.6. The van der Waals surface area contributed by atoms with E-state index in [2.05, 4.69) is 15.6 Å². The molecule has 0 unspecified atom stereocenters. The van der Waals surface area contributed by atoms with Gasteiger partial charge in [0.1, 0.15) is 0 Å². The SMILES string of the molecule is O=C(Cc1csc(-c2ccco2)n1)NCC(=O)Nc1ccc(F)c(F)c1F. The van der Waals surface area contributed by atoms with Crippen molar-refractivity contribution in [3.63, 3.8) is 0 Å². The number of benzene rings is 1. The van der Waals surface area contributed by atoms with Crippen molar-refractivity contribution in [1.29, 1.82) is 0 Å². The maximum atomic E-state index is 13.5. The van der Waals surface area contributed by atoms with Crippen LogP contribution in [0.25, 0.3) is 10.8 Å². The highest BCUT2D eigenvalue weighted by Crippen LogP contribution is 2.24. The second-order valence-corrected chi connectivity index (χ2v) is 6.20. The standard InChI is InChI=1S/C17H12F3N3O3S/c18-10-3-4-11(16(20)15(10)19)23-14(25)7-21-13(24)6-9-8-27-17(22-9)12-2-1-5-26-12/h1-5,8H,6-7H2,(H,21,24)(H,23,25). The Bertz CT molecular complexity index is 973. The molecule has 2 N–H and O–H groups in total. The highest BCUT2D eigenvalue weighted by atomic mass is 32.1. The van der Waals surface area contributed by atoms with Crippen molar-refractivity contribution in [3.05, 3.63) is 59.1 Å². The molecule has 1 aromatic carbocycles. The van der Waals surface area contributed by atoms with Crippen LogP contribution in [0.5, 0.6) is 0 Å². The number of thiazole rings is 1. The molecule has 2 heterocycles. The van der Waals surface area contributed by atoms with Crippen LogP contribution in [0.4, 0.5) is 18.9 Å². The average molecular weight is 395 g/mol. The number of hydrogen-bond donors (Lipinski definition) is 2. The van der Waals surface area contributed by atoms with Crippen molar-refractivity contribution in [2.24, 2.45) is 0 Å². The van der Waals surface area contributed by atoms with Gasteiger partial charge in [0.05, 0.1) is 30.6 Å². The third kappa shape index (κ3) is 4.53. The third-order valence-corrected chi connectivity index (χ3v) is 4.29. The molecule has 2 aromatic heterocycles. The van der Waals surface area contributed by atoms with Crippen LogP contribution in [0.1, 0.15) is 5.69 Å². The number of nitrogens with zero attached hydrogens (tertiary/aromatic N) is 1. The number of furan rings is 1. The van der Waals surface area contributed by atoms with Crippen LogP contribution in [0.2, 0.25) is 0 Å². The van der Waals surface area contributed by atoms with Gasteiger partial charge in [0, 0.05) is 5.38 Å². The first-order chi connectivity index (χ1) is 12.9. The van der Waals surface area contributed by atoms with Crippen molar-refractivity contribution in [3.8, 4) is 10.8 Å². The Kier molecular flexibility index (Phi) is 5.55. The first-order valence-electron chi connectivity index (χ1n) is 7.62. The molecule has 0 radical (unpaired) electrons. The lowest BCUT2D eigenvalue weighted by Crippen LogP contribution is -2.34. The van der Waals surface area contributed by atoms with E-state index < -0.39 is 41.5 Å². The summed E-state index contributed by atoms with van der Waals surface area (Å²) in [6.45, 7) is -0.466. The van der Waals surface area contributed by atoms with Crippen LogP contribution in [0.15, 0.2) is 40.3 Å². The van der Waals surface area contributed by atoms with Crippen LogP contribution in [-0.4, -0.2) is 23.3 Å². The molecule has 0 fully saturated rings. The monoisotopic (exact) mass is 395 g/mol. The molecule has 0 aliphatic carbocycles. The topological polar surface area (TPSA) is 84.2 Å². The maximum absolute atomic E-state index is 13.5. The zero-order valence-electron chi connectivity index (χ0n) is 13.6. The van der Waals surface area contributed by atoms with E-state index in [0.717, 1.165) is 6.07 Å². The molecule has 3 aromatic rings. The van der Waals surface area contributed by atoms with Crippen LogP contribution in [-0.2, 0) is 16.0 Å². The van der Waals surface area contributed by atoms with Gasteiger partial charge in [0.2, 0.25) is 11.8 Å². The maximum Gasteiger partial charge on any atom is 0.243 e. The van der Waals surface area contributed by atoms with Gasteiger partial charge in [-0.05, 0) is 24.3 Å². The van der Waals surface area contributed by atoms with E-state index >= 15 is 0 Å². The molecule has 6 nitrogen and oxygen atoms in total. The number of nitrogens with one attached hydrogen (secondary N) is 2. The van der Waals surface area contributed by atoms with E-state index in [1.165, 1.54) is 17.6 Å².